The van der Waals surface area contributed by atoms with Gasteiger partial charge in [-0.15, -0.1) is 12.4 Å². The number of anilines is 2. The summed E-state index contributed by atoms with van der Waals surface area (Å²) in [4.78, 5) is 24.3. The van der Waals surface area contributed by atoms with Crippen LogP contribution in [0.25, 0.3) is 0 Å². The fourth-order valence-electron chi connectivity index (χ4n) is 2.82. The molecular formula is C20H25ClN4O3. The molecule has 7 nitrogen and oxygen atoms in total. The van der Waals surface area contributed by atoms with Gasteiger partial charge in [0, 0.05) is 24.5 Å². The first-order valence-electron chi connectivity index (χ1n) is 8.92. The maximum absolute atomic E-state index is 12.2. The molecule has 0 radical (unpaired) electrons. The molecule has 0 aromatic heterocycles. The van der Waals surface area contributed by atoms with E-state index in [1.165, 1.54) is 0 Å². The molecule has 0 aliphatic carbocycles. The molecule has 0 saturated carbocycles. The zero-order valence-corrected chi connectivity index (χ0v) is 16.5. The number of benzene rings is 2. The lowest BCUT2D eigenvalue weighted by atomic mass is 10.2. The van der Waals surface area contributed by atoms with E-state index >= 15 is 0 Å². The van der Waals surface area contributed by atoms with Gasteiger partial charge in [-0.25, -0.2) is 4.79 Å². The number of hydrogen-bond donors (Lipinski definition) is 4. The highest BCUT2D eigenvalue weighted by molar-refractivity contribution is 5.99. The molecule has 8 heteroatoms. The summed E-state index contributed by atoms with van der Waals surface area (Å²) in [5.41, 5.74) is 3.36. The van der Waals surface area contributed by atoms with Crippen LogP contribution in [0, 0.1) is 6.92 Å². The number of morpholine rings is 1. The highest BCUT2D eigenvalue weighted by Crippen LogP contribution is 2.13. The largest absolute Gasteiger partial charge is 0.378 e. The summed E-state index contributed by atoms with van der Waals surface area (Å²) >= 11 is 0. The van der Waals surface area contributed by atoms with Crippen LogP contribution in [0.3, 0.4) is 0 Å². The van der Waals surface area contributed by atoms with Gasteiger partial charge >= 0.3 is 6.03 Å². The fourth-order valence-corrected chi connectivity index (χ4v) is 2.82. The van der Waals surface area contributed by atoms with Crippen molar-refractivity contribution in [3.8, 4) is 0 Å². The van der Waals surface area contributed by atoms with E-state index in [9.17, 15) is 9.59 Å². The first-order chi connectivity index (χ1) is 13.1. The van der Waals surface area contributed by atoms with Gasteiger partial charge in [0.25, 0.3) is 0 Å². The zero-order valence-electron chi connectivity index (χ0n) is 15.7. The van der Waals surface area contributed by atoms with E-state index in [1.807, 2.05) is 49.4 Å². The molecule has 150 valence electrons. The average molecular weight is 405 g/mol. The molecule has 1 fully saturated rings. The lowest BCUT2D eigenvalue weighted by Gasteiger charge is -2.22. The average Bonchev–Trinajstić information content (AvgIpc) is 2.67. The van der Waals surface area contributed by atoms with E-state index in [0.717, 1.165) is 16.8 Å². The fraction of sp³-hybridized carbons (Fsp3) is 0.300. The van der Waals surface area contributed by atoms with Crippen molar-refractivity contribution in [1.82, 2.24) is 10.6 Å². The second-order valence-corrected chi connectivity index (χ2v) is 6.45. The van der Waals surface area contributed by atoms with E-state index in [4.69, 9.17) is 4.74 Å². The van der Waals surface area contributed by atoms with E-state index in [1.54, 1.807) is 6.07 Å². The third kappa shape index (κ3) is 6.53. The van der Waals surface area contributed by atoms with Crippen LogP contribution in [-0.2, 0) is 16.1 Å². The lowest BCUT2D eigenvalue weighted by Crippen LogP contribution is -2.51. The third-order valence-corrected chi connectivity index (χ3v) is 4.17. The summed E-state index contributed by atoms with van der Waals surface area (Å²) < 4.78 is 5.30. The summed E-state index contributed by atoms with van der Waals surface area (Å²) in [6.45, 7) is 4.03. The minimum absolute atomic E-state index is 0. The number of carbonyl (C=O) groups is 2. The number of carbonyl (C=O) groups excluding carboxylic acids is 2. The van der Waals surface area contributed by atoms with Crippen LogP contribution in [0.4, 0.5) is 16.2 Å². The number of halogens is 1. The van der Waals surface area contributed by atoms with Gasteiger partial charge in [-0.05, 0) is 42.3 Å². The molecule has 3 rings (SSSR count). The topological polar surface area (TPSA) is 91.5 Å². The molecule has 2 aromatic carbocycles. The van der Waals surface area contributed by atoms with Gasteiger partial charge < -0.3 is 26.0 Å². The van der Waals surface area contributed by atoms with Crippen LogP contribution < -0.4 is 21.3 Å². The predicted molar refractivity (Wildman–Crippen MR) is 112 cm³/mol. The van der Waals surface area contributed by atoms with Crippen molar-refractivity contribution in [3.05, 3.63) is 59.7 Å². The second kappa shape index (κ2) is 10.7. The molecule has 1 atom stereocenters. The van der Waals surface area contributed by atoms with Crippen molar-refractivity contribution in [1.29, 1.82) is 0 Å². The maximum atomic E-state index is 12.2. The van der Waals surface area contributed by atoms with Crippen molar-refractivity contribution in [2.24, 2.45) is 0 Å². The molecule has 1 aliphatic rings. The van der Waals surface area contributed by atoms with Gasteiger partial charge in [0.1, 0.15) is 6.04 Å². The Morgan fingerprint density at radius 3 is 2.50 bits per heavy atom. The van der Waals surface area contributed by atoms with Gasteiger partial charge in [0.05, 0.1) is 13.2 Å². The quantitative estimate of drug-likeness (QED) is 0.616. The Balaban J connectivity index is 0.00000280. The number of rotatable bonds is 5. The van der Waals surface area contributed by atoms with Crippen molar-refractivity contribution >= 4 is 35.7 Å². The van der Waals surface area contributed by atoms with Gasteiger partial charge in [-0.2, -0.15) is 0 Å². The van der Waals surface area contributed by atoms with Gasteiger partial charge in [0.2, 0.25) is 5.91 Å². The number of amides is 3. The van der Waals surface area contributed by atoms with Crippen LogP contribution >= 0.6 is 12.4 Å². The third-order valence-electron chi connectivity index (χ3n) is 4.17. The minimum Gasteiger partial charge on any atom is -0.378 e. The first-order valence-corrected chi connectivity index (χ1v) is 8.92. The number of hydrogen-bond acceptors (Lipinski definition) is 4. The molecular weight excluding hydrogens is 380 g/mol. The normalized spacial score (nSPS) is 15.8. The summed E-state index contributed by atoms with van der Waals surface area (Å²) in [6.07, 6.45) is 0. The first kappa shape index (κ1) is 21.7. The molecule has 2 aromatic rings. The standard InChI is InChI=1S/C20H24N4O3.ClH/c1-14-4-2-6-16(10-14)23-20(26)24-17-7-3-5-15(11-17)12-22-19(25)18-13-27-9-8-21-18;/h2-7,10-11,18,21H,8-9,12-13H2,1H3,(H,22,25)(H2,23,24,26);1H. The SMILES string of the molecule is Cc1cccc(NC(=O)Nc2cccc(CNC(=O)C3COCCN3)c2)c1.Cl. The van der Waals surface area contributed by atoms with Crippen LogP contribution in [0.15, 0.2) is 48.5 Å². The zero-order chi connectivity index (χ0) is 19.1. The van der Waals surface area contributed by atoms with Crippen LogP contribution in [0.1, 0.15) is 11.1 Å². The summed E-state index contributed by atoms with van der Waals surface area (Å²) in [5.74, 6) is -0.0924. The van der Waals surface area contributed by atoms with Crippen LogP contribution in [0.2, 0.25) is 0 Å². The highest BCUT2D eigenvalue weighted by Gasteiger charge is 2.20. The number of aryl methyl sites for hydroxylation is 1. The second-order valence-electron chi connectivity index (χ2n) is 6.45. The highest BCUT2D eigenvalue weighted by atomic mass is 35.5. The Labute approximate surface area is 170 Å². The smallest absolute Gasteiger partial charge is 0.323 e. The molecule has 0 bridgehead atoms. The predicted octanol–water partition coefficient (Wildman–Crippen LogP) is 2.67. The van der Waals surface area contributed by atoms with Gasteiger partial charge in [-0.1, -0.05) is 24.3 Å². The van der Waals surface area contributed by atoms with Gasteiger partial charge in [0.15, 0.2) is 0 Å². The minimum atomic E-state index is -0.319. The van der Waals surface area contributed by atoms with Crippen molar-refractivity contribution in [3.63, 3.8) is 0 Å². The number of nitrogens with one attached hydrogen (secondary N) is 4. The molecule has 1 saturated heterocycles. The molecule has 28 heavy (non-hydrogen) atoms. The van der Waals surface area contributed by atoms with Crippen molar-refractivity contribution < 1.29 is 14.3 Å². The van der Waals surface area contributed by atoms with Gasteiger partial charge in [-0.3, -0.25) is 4.79 Å². The number of urea groups is 1. The Kier molecular flexibility index (Phi) is 8.25. The molecule has 1 heterocycles. The van der Waals surface area contributed by atoms with E-state index < -0.39 is 0 Å². The molecule has 1 aliphatic heterocycles. The molecule has 1 unspecified atom stereocenters. The van der Waals surface area contributed by atoms with E-state index in [-0.39, 0.29) is 30.4 Å². The van der Waals surface area contributed by atoms with E-state index in [2.05, 4.69) is 21.3 Å². The number of ether oxygens (including phenoxy) is 1. The Bertz CT molecular complexity index is 810. The van der Waals surface area contributed by atoms with Crippen molar-refractivity contribution in [2.45, 2.75) is 19.5 Å². The molecule has 0 spiro atoms. The lowest BCUT2D eigenvalue weighted by molar-refractivity contribution is -0.126. The van der Waals surface area contributed by atoms with Crippen LogP contribution in [0.5, 0.6) is 0 Å². The molecule has 4 N–H and O–H groups in total. The van der Waals surface area contributed by atoms with Crippen molar-refractivity contribution in [2.75, 3.05) is 30.4 Å². The maximum Gasteiger partial charge on any atom is 0.323 e. The monoisotopic (exact) mass is 404 g/mol. The Hall–Kier alpha value is -2.61. The summed E-state index contributed by atoms with van der Waals surface area (Å²) in [7, 11) is 0. The van der Waals surface area contributed by atoms with E-state index in [0.29, 0.717) is 32.0 Å². The Morgan fingerprint density at radius 2 is 1.82 bits per heavy atom. The summed E-state index contributed by atoms with van der Waals surface area (Å²) in [5, 5.41) is 11.6. The van der Waals surface area contributed by atoms with Crippen LogP contribution in [-0.4, -0.2) is 37.7 Å². The Morgan fingerprint density at radius 1 is 1.11 bits per heavy atom. The molecule has 3 amide bonds. The summed E-state index contributed by atoms with van der Waals surface area (Å²) in [6, 6.07) is 14.3.